The summed E-state index contributed by atoms with van der Waals surface area (Å²) in [7, 11) is 2.18. The van der Waals surface area contributed by atoms with E-state index in [-0.39, 0.29) is 45.5 Å². The number of aromatic amines is 1. The number of nitrogens with zero attached hydrogens (tertiary/aromatic N) is 8. The number of hydrogen-bond donors (Lipinski definition) is 7. The molecule has 4 aliphatic heterocycles. The number of carboxylic acid groups (broad SMARTS) is 1. The molecule has 3 fully saturated rings. The van der Waals surface area contributed by atoms with Crippen LogP contribution < -0.4 is 16.4 Å². The van der Waals surface area contributed by atoms with Gasteiger partial charge < -0.3 is 41.0 Å². The van der Waals surface area contributed by atoms with Crippen molar-refractivity contribution in [3.63, 3.8) is 0 Å². The first-order valence-corrected chi connectivity index (χ1v) is 19.0. The van der Waals surface area contributed by atoms with Crippen LogP contribution in [-0.2, 0) is 19.2 Å². The Kier molecular flexibility index (Phi) is 9.64. The van der Waals surface area contributed by atoms with E-state index in [1.54, 1.807) is 4.90 Å². The van der Waals surface area contributed by atoms with Gasteiger partial charge in [0.1, 0.15) is 18.0 Å². The van der Waals surface area contributed by atoms with Gasteiger partial charge in [0.05, 0.1) is 35.4 Å². The van der Waals surface area contributed by atoms with Gasteiger partial charge >= 0.3 is 5.97 Å². The number of carbonyl (C=O) groups is 4. The zero-order valence-electron chi connectivity index (χ0n) is 29.0. The standard InChI is InChI=1S/C31H35ClN12O8S2/c1-31(2,29(50)51)52-39-19(23-36-30(33)54-40-23)26(48)35-20-27(49)43-21(24-37-41-42-38-24)12(11-53-28(20)43)10-44(3)14-4-5-15(44)9-13(8-14)34-25(47)16-6-7-17(45)22(46)18(16)32/h6-7,13-15,20,28H,4-5,8-11H2,1-3H3,(H7-,33,34,35,36,37,38,39,40,41,42,45,46,47,48,50,51)/p+1/t13?,14-,15+,20-,28-,44?/m1/s1. The summed E-state index contributed by atoms with van der Waals surface area (Å²) in [5, 5.41) is 52.7. The van der Waals surface area contributed by atoms with E-state index in [0.717, 1.165) is 29.9 Å². The van der Waals surface area contributed by atoms with Gasteiger partial charge in [-0.05, 0) is 31.2 Å². The number of phenolic OH excluding ortho intramolecular Hbond substituents is 2. The highest BCUT2D eigenvalue weighted by Gasteiger charge is 2.57. The molecule has 0 saturated carbocycles. The van der Waals surface area contributed by atoms with Crippen molar-refractivity contribution >= 4 is 75.1 Å². The number of aromatic hydroxyl groups is 2. The molecule has 2 bridgehead atoms. The minimum Gasteiger partial charge on any atom is -0.504 e. The maximum absolute atomic E-state index is 13.9. The topological polar surface area (TPSA) is 284 Å². The molecule has 4 aliphatic rings. The van der Waals surface area contributed by atoms with Crippen LogP contribution in [-0.4, -0.2) is 139 Å². The molecule has 1 aromatic carbocycles. The van der Waals surface area contributed by atoms with Gasteiger partial charge in [-0.1, -0.05) is 16.8 Å². The van der Waals surface area contributed by atoms with E-state index in [9.17, 15) is 34.5 Å². The minimum atomic E-state index is -1.79. The summed E-state index contributed by atoms with van der Waals surface area (Å²) >= 11 is 8.42. The van der Waals surface area contributed by atoms with Gasteiger partial charge in [0.2, 0.25) is 23.0 Å². The van der Waals surface area contributed by atoms with Gasteiger partial charge in [-0.25, -0.2) is 4.79 Å². The fourth-order valence-corrected chi connectivity index (χ4v) is 9.54. The van der Waals surface area contributed by atoms with Crippen LogP contribution in [0.2, 0.25) is 5.02 Å². The lowest BCUT2D eigenvalue weighted by Crippen LogP contribution is -2.70. The molecule has 54 heavy (non-hydrogen) atoms. The number of H-pyrrole nitrogens is 1. The molecule has 2 unspecified atom stereocenters. The molecule has 8 N–H and O–H groups in total. The normalized spacial score (nSPS) is 26.6. The zero-order valence-corrected chi connectivity index (χ0v) is 31.4. The van der Waals surface area contributed by atoms with E-state index < -0.39 is 57.9 Å². The number of anilines is 1. The average Bonchev–Trinajstić information content (AvgIpc) is 3.84. The predicted molar refractivity (Wildman–Crippen MR) is 193 cm³/mol. The number of thioether (sulfide) groups is 1. The van der Waals surface area contributed by atoms with Gasteiger partial charge in [-0.15, -0.1) is 22.0 Å². The maximum atomic E-state index is 13.9. The Labute approximate surface area is 319 Å². The summed E-state index contributed by atoms with van der Waals surface area (Å²) in [4.78, 5) is 62.9. The number of rotatable bonds is 11. The number of carboxylic acids is 1. The number of benzene rings is 1. The molecule has 7 rings (SSSR count). The third-order valence-corrected chi connectivity index (χ3v) is 12.7. The number of hydrogen-bond acceptors (Lipinski definition) is 16. The van der Waals surface area contributed by atoms with Gasteiger partial charge in [-0.2, -0.15) is 14.6 Å². The van der Waals surface area contributed by atoms with Gasteiger partial charge in [0, 0.05) is 54.6 Å². The number of quaternary nitrogens is 1. The Morgan fingerprint density at radius 1 is 1.20 bits per heavy atom. The average molecular weight is 804 g/mol. The molecule has 3 amide bonds. The van der Waals surface area contributed by atoms with Crippen molar-refractivity contribution in [2.24, 2.45) is 5.16 Å². The van der Waals surface area contributed by atoms with E-state index in [0.29, 0.717) is 35.3 Å². The van der Waals surface area contributed by atoms with Crippen LogP contribution in [0, 0.1) is 0 Å². The van der Waals surface area contributed by atoms with Crippen molar-refractivity contribution in [1.29, 1.82) is 0 Å². The molecular weight excluding hydrogens is 768 g/mol. The molecule has 23 heteroatoms. The Morgan fingerprint density at radius 3 is 2.56 bits per heavy atom. The van der Waals surface area contributed by atoms with E-state index in [1.807, 2.05) is 0 Å². The largest absolute Gasteiger partial charge is 0.504 e. The Hall–Kier alpha value is -5.06. The smallest absolute Gasteiger partial charge is 0.350 e. The number of tetrazole rings is 1. The fraction of sp³-hybridized carbons (Fsp3) is 0.484. The van der Waals surface area contributed by atoms with Crippen molar-refractivity contribution in [3.05, 3.63) is 39.9 Å². The first-order chi connectivity index (χ1) is 25.6. The summed E-state index contributed by atoms with van der Waals surface area (Å²) in [5.74, 6) is -3.48. The van der Waals surface area contributed by atoms with Crippen molar-refractivity contribution in [1.82, 2.24) is 45.5 Å². The number of carbonyl (C=O) groups excluding carboxylic acids is 3. The number of aromatic nitrogens is 6. The lowest BCUT2D eigenvalue weighted by Gasteiger charge is -2.52. The highest BCUT2D eigenvalue weighted by Crippen LogP contribution is 2.47. The number of amides is 3. The van der Waals surface area contributed by atoms with E-state index >= 15 is 0 Å². The maximum Gasteiger partial charge on any atom is 0.350 e. The van der Waals surface area contributed by atoms with E-state index in [1.165, 1.54) is 37.7 Å². The number of likely N-dealkylation sites (N-methyl/N-ethyl adjacent to an activating group) is 1. The second-order valence-corrected chi connectivity index (χ2v) is 16.4. The zero-order chi connectivity index (χ0) is 38.7. The van der Waals surface area contributed by atoms with E-state index in [2.05, 4.69) is 52.8 Å². The molecular formula is C31H36ClN12O8S2+. The monoisotopic (exact) mass is 803 g/mol. The summed E-state index contributed by atoms with van der Waals surface area (Å²) in [6.07, 6.45) is 3.24. The van der Waals surface area contributed by atoms with Crippen LogP contribution in [0.5, 0.6) is 11.5 Å². The van der Waals surface area contributed by atoms with Crippen molar-refractivity contribution < 1.29 is 43.8 Å². The first kappa shape index (κ1) is 37.3. The lowest BCUT2D eigenvalue weighted by molar-refractivity contribution is -0.944. The summed E-state index contributed by atoms with van der Waals surface area (Å²) in [5.41, 5.74) is 5.00. The lowest BCUT2D eigenvalue weighted by atomic mass is 9.92. The summed E-state index contributed by atoms with van der Waals surface area (Å²) in [6.45, 7) is 3.08. The molecule has 0 spiro atoms. The Balaban J connectivity index is 1.08. The molecule has 3 saturated heterocycles. The first-order valence-electron chi connectivity index (χ1n) is 16.8. The number of phenols is 2. The number of fused-ring (bicyclic) bond motifs is 3. The molecule has 286 valence electrons. The number of piperidine rings is 1. The molecule has 6 atom stereocenters. The van der Waals surface area contributed by atoms with Crippen LogP contribution in [0.15, 0.2) is 22.9 Å². The second kappa shape index (κ2) is 14.0. The Bertz CT molecular complexity index is 2080. The number of oxime groups is 1. The quantitative estimate of drug-likeness (QED) is 0.0461. The minimum absolute atomic E-state index is 0.0399. The van der Waals surface area contributed by atoms with Crippen LogP contribution in [0.4, 0.5) is 5.13 Å². The van der Waals surface area contributed by atoms with Crippen molar-refractivity contribution in [3.8, 4) is 11.5 Å². The molecule has 3 aromatic rings. The molecule has 0 aliphatic carbocycles. The molecule has 6 heterocycles. The molecule has 20 nitrogen and oxygen atoms in total. The van der Waals surface area contributed by atoms with Gasteiger partial charge in [0.15, 0.2) is 16.6 Å². The third kappa shape index (κ3) is 6.55. The fourth-order valence-electron chi connectivity index (χ4n) is 7.53. The van der Waals surface area contributed by atoms with Crippen LogP contribution in [0.25, 0.3) is 5.70 Å². The molecule has 2 aromatic heterocycles. The SMILES string of the molecule is CC(C)(O/N=C(\C(=O)N[C@@H]1C(=O)N2C(c3nn[nH]n3)=C(C[N+]3(C)[C@@H]4CC[C@H]3CC(NC(=O)c3ccc(O)c(O)c3Cl)C4)CS[C@H]12)c1nsc(N)n1)C(=O)O. The highest BCUT2D eigenvalue weighted by atomic mass is 35.5. The summed E-state index contributed by atoms with van der Waals surface area (Å²) in [6, 6.07) is 1.81. The van der Waals surface area contributed by atoms with Crippen molar-refractivity contribution in [2.75, 3.05) is 25.1 Å². The van der Waals surface area contributed by atoms with Gasteiger partial charge in [-0.3, -0.25) is 19.3 Å². The highest BCUT2D eigenvalue weighted by molar-refractivity contribution is 8.00. The summed E-state index contributed by atoms with van der Waals surface area (Å²) < 4.78 is 4.69. The van der Waals surface area contributed by atoms with Gasteiger partial charge in [0.25, 0.3) is 17.7 Å². The predicted octanol–water partition coefficient (Wildman–Crippen LogP) is 0.663. The number of β-lactam (4-membered cyclic amide) rings is 1. The third-order valence-electron chi connectivity index (χ3n) is 10.5. The van der Waals surface area contributed by atoms with E-state index in [4.69, 9.17) is 22.2 Å². The Morgan fingerprint density at radius 2 is 1.93 bits per heavy atom. The van der Waals surface area contributed by atoms with Crippen molar-refractivity contribution in [2.45, 2.75) is 74.7 Å². The number of nitrogens with one attached hydrogen (secondary N) is 3. The number of aliphatic carboxylic acids is 1. The van der Waals surface area contributed by atoms with Crippen LogP contribution in [0.3, 0.4) is 0 Å². The molecule has 0 radical (unpaired) electrons. The second-order valence-electron chi connectivity index (χ2n) is 14.2. The van der Waals surface area contributed by atoms with Crippen LogP contribution in [0.1, 0.15) is 61.5 Å². The number of halogens is 1. The number of nitrogen functional groups attached to an aromatic ring is 1. The van der Waals surface area contributed by atoms with Crippen LogP contribution >= 0.6 is 34.9 Å². The number of nitrogens with two attached hydrogens (primary N) is 1.